The number of aryl methyl sites for hydroxylation is 1. The van der Waals surface area contributed by atoms with Gasteiger partial charge in [0.1, 0.15) is 5.52 Å². The van der Waals surface area contributed by atoms with Crippen molar-refractivity contribution in [2.75, 3.05) is 0 Å². The minimum Gasteiger partial charge on any atom is -0.258 e. The van der Waals surface area contributed by atoms with E-state index in [-0.39, 0.29) is 5.69 Å². The Kier molecular flexibility index (Phi) is 3.50. The largest absolute Gasteiger partial charge is 0.295 e. The van der Waals surface area contributed by atoms with Crippen molar-refractivity contribution in [1.29, 1.82) is 0 Å². The molecule has 3 rings (SSSR count). The van der Waals surface area contributed by atoms with E-state index in [1.807, 2.05) is 36.4 Å². The summed E-state index contributed by atoms with van der Waals surface area (Å²) in [5.74, 6) is 0. The molecule has 0 saturated heterocycles. The third-order valence-corrected chi connectivity index (χ3v) is 4.06. The molecule has 0 aliphatic rings. The molecule has 0 N–H and O–H groups in total. The van der Waals surface area contributed by atoms with Gasteiger partial charge in [-0.1, -0.05) is 18.2 Å². The average Bonchev–Trinajstić information content (AvgIpc) is 2.89. The molecule has 5 heteroatoms. The van der Waals surface area contributed by atoms with Gasteiger partial charge in [0.15, 0.2) is 0 Å². The number of pyridine rings is 1. The van der Waals surface area contributed by atoms with Crippen molar-refractivity contribution in [2.45, 2.75) is 6.92 Å². The fraction of sp³-hybridized carbons (Fsp3) is 0.0625. The standard InChI is InChI=1S/C16H12N2O2S/c1-11-5-9-14(21-11)10-8-13-7-6-12-3-2-4-15(18(19)20)16(12)17-13/h2-10H,1H3. The molecule has 2 heterocycles. The first-order valence-electron chi connectivity index (χ1n) is 6.42. The number of hydrogen-bond donors (Lipinski definition) is 0. The fourth-order valence-electron chi connectivity index (χ4n) is 2.10. The van der Waals surface area contributed by atoms with Crippen molar-refractivity contribution in [3.8, 4) is 0 Å². The maximum absolute atomic E-state index is 11.1. The number of non-ortho nitro benzene ring substituents is 1. The summed E-state index contributed by atoms with van der Waals surface area (Å²) in [5, 5.41) is 11.8. The van der Waals surface area contributed by atoms with E-state index in [1.165, 1.54) is 10.9 Å². The third kappa shape index (κ3) is 2.83. The lowest BCUT2D eigenvalue weighted by Gasteiger charge is -2.00. The van der Waals surface area contributed by atoms with Crippen molar-refractivity contribution in [2.24, 2.45) is 0 Å². The lowest BCUT2D eigenvalue weighted by molar-refractivity contribution is -0.383. The van der Waals surface area contributed by atoms with Crippen molar-refractivity contribution in [3.63, 3.8) is 0 Å². The monoisotopic (exact) mass is 296 g/mol. The molecule has 1 aromatic carbocycles. The number of aromatic nitrogens is 1. The van der Waals surface area contributed by atoms with Crippen LogP contribution in [0.4, 0.5) is 5.69 Å². The summed E-state index contributed by atoms with van der Waals surface area (Å²) in [6, 6.07) is 12.8. The van der Waals surface area contributed by atoms with E-state index in [9.17, 15) is 10.1 Å². The Bertz CT molecular complexity index is 852. The highest BCUT2D eigenvalue weighted by molar-refractivity contribution is 7.12. The summed E-state index contributed by atoms with van der Waals surface area (Å²) in [7, 11) is 0. The maximum Gasteiger partial charge on any atom is 0.295 e. The summed E-state index contributed by atoms with van der Waals surface area (Å²) < 4.78 is 0. The molecule has 0 aliphatic carbocycles. The predicted molar refractivity (Wildman–Crippen MR) is 86.4 cm³/mol. The van der Waals surface area contributed by atoms with E-state index in [2.05, 4.69) is 18.0 Å². The van der Waals surface area contributed by atoms with Gasteiger partial charge in [-0.15, -0.1) is 11.3 Å². The highest BCUT2D eigenvalue weighted by atomic mass is 32.1. The number of nitro benzene ring substituents is 1. The van der Waals surface area contributed by atoms with Crippen LogP contribution >= 0.6 is 11.3 Å². The van der Waals surface area contributed by atoms with E-state index >= 15 is 0 Å². The molecule has 0 radical (unpaired) electrons. The van der Waals surface area contributed by atoms with Crippen LogP contribution < -0.4 is 0 Å². The van der Waals surface area contributed by atoms with Crippen LogP contribution in [0.3, 0.4) is 0 Å². The van der Waals surface area contributed by atoms with E-state index in [0.717, 1.165) is 10.3 Å². The number of nitro groups is 1. The number of fused-ring (bicyclic) bond motifs is 1. The van der Waals surface area contributed by atoms with Crippen LogP contribution in [0.25, 0.3) is 23.1 Å². The number of hydrogen-bond acceptors (Lipinski definition) is 4. The molecule has 0 spiro atoms. The van der Waals surface area contributed by atoms with Gasteiger partial charge in [-0.2, -0.15) is 0 Å². The molecule has 0 atom stereocenters. The predicted octanol–water partition coefficient (Wildman–Crippen LogP) is 4.68. The molecule has 3 aromatic rings. The minimum absolute atomic E-state index is 0.0368. The number of benzene rings is 1. The molecule has 0 aliphatic heterocycles. The van der Waals surface area contributed by atoms with Crippen molar-refractivity contribution >= 4 is 40.1 Å². The molecule has 2 aromatic heterocycles. The Hall–Kier alpha value is -2.53. The third-order valence-electron chi connectivity index (χ3n) is 3.10. The van der Waals surface area contributed by atoms with Crippen LogP contribution in [-0.4, -0.2) is 9.91 Å². The average molecular weight is 296 g/mol. The van der Waals surface area contributed by atoms with Crippen LogP contribution in [0.1, 0.15) is 15.4 Å². The quantitative estimate of drug-likeness (QED) is 0.520. The molecule has 0 unspecified atom stereocenters. The van der Waals surface area contributed by atoms with Gasteiger partial charge >= 0.3 is 0 Å². The van der Waals surface area contributed by atoms with Crippen LogP contribution in [-0.2, 0) is 0 Å². The first-order chi connectivity index (χ1) is 10.1. The summed E-state index contributed by atoms with van der Waals surface area (Å²) in [4.78, 5) is 17.4. The van der Waals surface area contributed by atoms with Gasteiger partial charge in [0, 0.05) is 21.2 Å². The molecule has 0 bridgehead atoms. The number of para-hydroxylation sites is 1. The van der Waals surface area contributed by atoms with Gasteiger partial charge in [0.05, 0.1) is 10.6 Å². The molecule has 0 fully saturated rings. The van der Waals surface area contributed by atoms with Crippen molar-refractivity contribution in [3.05, 3.63) is 68.0 Å². The Labute approximate surface area is 125 Å². The van der Waals surface area contributed by atoms with Gasteiger partial charge < -0.3 is 0 Å². The van der Waals surface area contributed by atoms with Gasteiger partial charge in [0.2, 0.25) is 0 Å². The Morgan fingerprint density at radius 3 is 2.71 bits per heavy atom. The summed E-state index contributed by atoms with van der Waals surface area (Å²) in [6.45, 7) is 2.06. The van der Waals surface area contributed by atoms with E-state index in [4.69, 9.17) is 0 Å². The molecule has 104 valence electrons. The molecule has 21 heavy (non-hydrogen) atoms. The van der Waals surface area contributed by atoms with Gasteiger partial charge in [-0.05, 0) is 37.3 Å². The molecular formula is C16H12N2O2S. The van der Waals surface area contributed by atoms with E-state index in [1.54, 1.807) is 17.4 Å². The fourth-order valence-corrected chi connectivity index (χ4v) is 2.88. The summed E-state index contributed by atoms with van der Waals surface area (Å²) >= 11 is 1.70. The molecule has 0 saturated carbocycles. The highest BCUT2D eigenvalue weighted by Crippen LogP contribution is 2.24. The van der Waals surface area contributed by atoms with Gasteiger partial charge in [-0.25, -0.2) is 4.98 Å². The number of thiophene rings is 1. The zero-order valence-electron chi connectivity index (χ0n) is 11.3. The van der Waals surface area contributed by atoms with E-state index in [0.29, 0.717) is 11.2 Å². The first kappa shape index (κ1) is 13.5. The Morgan fingerprint density at radius 2 is 2.00 bits per heavy atom. The normalized spacial score (nSPS) is 11.3. The van der Waals surface area contributed by atoms with Crippen LogP contribution in [0.2, 0.25) is 0 Å². The Balaban J connectivity index is 2.02. The second-order valence-corrected chi connectivity index (χ2v) is 5.94. The highest BCUT2D eigenvalue weighted by Gasteiger charge is 2.12. The van der Waals surface area contributed by atoms with Gasteiger partial charge in [-0.3, -0.25) is 10.1 Å². The Morgan fingerprint density at radius 1 is 1.14 bits per heavy atom. The van der Waals surface area contributed by atoms with E-state index < -0.39 is 4.92 Å². The minimum atomic E-state index is -0.397. The molecule has 4 nitrogen and oxygen atoms in total. The lowest BCUT2D eigenvalue weighted by Crippen LogP contribution is -1.92. The van der Waals surface area contributed by atoms with Crippen LogP contribution in [0.5, 0.6) is 0 Å². The van der Waals surface area contributed by atoms with Crippen molar-refractivity contribution < 1.29 is 4.92 Å². The van der Waals surface area contributed by atoms with Crippen LogP contribution in [0.15, 0.2) is 42.5 Å². The van der Waals surface area contributed by atoms with Crippen LogP contribution in [0, 0.1) is 17.0 Å². The topological polar surface area (TPSA) is 56.0 Å². The van der Waals surface area contributed by atoms with Crippen molar-refractivity contribution in [1.82, 2.24) is 4.98 Å². The van der Waals surface area contributed by atoms with Gasteiger partial charge in [0.25, 0.3) is 5.69 Å². The zero-order valence-corrected chi connectivity index (χ0v) is 12.1. The molecular weight excluding hydrogens is 284 g/mol. The second-order valence-electron chi connectivity index (χ2n) is 4.62. The summed E-state index contributed by atoms with van der Waals surface area (Å²) in [5.41, 5.74) is 1.17. The zero-order chi connectivity index (χ0) is 14.8. The summed E-state index contributed by atoms with van der Waals surface area (Å²) in [6.07, 6.45) is 3.85. The second kappa shape index (κ2) is 5.46. The smallest absolute Gasteiger partial charge is 0.258 e. The number of nitrogens with zero attached hydrogens (tertiary/aromatic N) is 2. The molecule has 0 amide bonds. The lowest BCUT2D eigenvalue weighted by atomic mass is 10.1. The first-order valence-corrected chi connectivity index (χ1v) is 7.24. The number of rotatable bonds is 3. The SMILES string of the molecule is Cc1ccc(C=Cc2ccc3cccc([N+](=O)[O-])c3n2)s1. The maximum atomic E-state index is 11.1.